The van der Waals surface area contributed by atoms with Crippen LogP contribution in [-0.4, -0.2) is 19.7 Å². The van der Waals surface area contributed by atoms with Crippen molar-refractivity contribution in [3.63, 3.8) is 0 Å². The second-order valence-corrected chi connectivity index (χ2v) is 8.16. The summed E-state index contributed by atoms with van der Waals surface area (Å²) in [6, 6.07) is 24.5. The van der Waals surface area contributed by atoms with Gasteiger partial charge in [0.25, 0.3) is 5.56 Å². The van der Waals surface area contributed by atoms with E-state index in [-0.39, 0.29) is 5.56 Å². The van der Waals surface area contributed by atoms with E-state index < -0.39 is 0 Å². The molecule has 0 atom stereocenters. The van der Waals surface area contributed by atoms with E-state index in [4.69, 9.17) is 16.6 Å². The third-order valence-electron chi connectivity index (χ3n) is 4.70. The predicted molar refractivity (Wildman–Crippen MR) is 127 cm³/mol. The van der Waals surface area contributed by atoms with Gasteiger partial charge in [-0.3, -0.25) is 4.79 Å². The van der Waals surface area contributed by atoms with Gasteiger partial charge in [0.05, 0.1) is 10.9 Å². The number of hydrogen-bond donors (Lipinski definition) is 0. The van der Waals surface area contributed by atoms with Crippen LogP contribution >= 0.6 is 22.9 Å². The molecule has 7 heteroatoms. The summed E-state index contributed by atoms with van der Waals surface area (Å²) in [5, 5.41) is 11.0. The van der Waals surface area contributed by atoms with E-state index in [9.17, 15) is 4.79 Å². The fraction of sp³-hybridized carbons (Fsp3) is 0. The first-order chi connectivity index (χ1) is 15.2. The summed E-state index contributed by atoms with van der Waals surface area (Å²) in [5.41, 5.74) is 2.29. The molecule has 31 heavy (non-hydrogen) atoms. The molecule has 0 N–H and O–H groups in total. The summed E-state index contributed by atoms with van der Waals surface area (Å²) in [5.74, 6) is 0.472. The standard InChI is InChI=1S/C24H15ClN4OS/c25-18-10-6-7-16(15-18)13-14-21-26-20-12-5-4-11-19(20)23(30)29(21)24-28-27-22(31-24)17-8-2-1-3-9-17/h1-15H/b14-13+. The first-order valence-electron chi connectivity index (χ1n) is 9.54. The lowest BCUT2D eigenvalue weighted by Crippen LogP contribution is -2.22. The molecular weight excluding hydrogens is 428 g/mol. The van der Waals surface area contributed by atoms with E-state index >= 15 is 0 Å². The minimum atomic E-state index is -0.188. The molecular formula is C24H15ClN4OS. The summed E-state index contributed by atoms with van der Waals surface area (Å²) in [4.78, 5) is 18.1. The second-order valence-electron chi connectivity index (χ2n) is 6.77. The molecule has 3 aromatic carbocycles. The van der Waals surface area contributed by atoms with Crippen molar-refractivity contribution in [1.29, 1.82) is 0 Å². The number of benzene rings is 3. The fourth-order valence-electron chi connectivity index (χ4n) is 3.23. The Bertz CT molecular complexity index is 1470. The largest absolute Gasteiger partial charge is 0.268 e. The summed E-state index contributed by atoms with van der Waals surface area (Å²) >= 11 is 7.44. The van der Waals surface area contributed by atoms with E-state index in [1.165, 1.54) is 15.9 Å². The normalized spacial score (nSPS) is 11.4. The van der Waals surface area contributed by atoms with Crippen LogP contribution in [0.3, 0.4) is 0 Å². The van der Waals surface area contributed by atoms with E-state index in [1.54, 1.807) is 12.1 Å². The van der Waals surface area contributed by atoms with Crippen LogP contribution in [0.1, 0.15) is 11.4 Å². The first-order valence-corrected chi connectivity index (χ1v) is 10.7. The highest BCUT2D eigenvalue weighted by Crippen LogP contribution is 2.26. The molecule has 0 spiro atoms. The van der Waals surface area contributed by atoms with Gasteiger partial charge in [0.2, 0.25) is 5.13 Å². The molecule has 0 aliphatic carbocycles. The van der Waals surface area contributed by atoms with E-state index in [0.717, 1.165) is 16.1 Å². The van der Waals surface area contributed by atoms with Crippen molar-refractivity contribution < 1.29 is 0 Å². The van der Waals surface area contributed by atoms with Gasteiger partial charge in [0.1, 0.15) is 10.8 Å². The van der Waals surface area contributed by atoms with Crippen molar-refractivity contribution in [3.05, 3.63) is 106 Å². The van der Waals surface area contributed by atoms with Crippen molar-refractivity contribution >= 4 is 46.0 Å². The van der Waals surface area contributed by atoms with Crippen molar-refractivity contribution in [2.75, 3.05) is 0 Å². The lowest BCUT2D eigenvalue weighted by Gasteiger charge is -2.07. The molecule has 0 unspecified atom stereocenters. The summed E-state index contributed by atoms with van der Waals surface area (Å²) < 4.78 is 1.51. The van der Waals surface area contributed by atoms with Gasteiger partial charge >= 0.3 is 0 Å². The molecule has 0 amide bonds. The number of aromatic nitrogens is 4. The zero-order chi connectivity index (χ0) is 21.2. The van der Waals surface area contributed by atoms with Gasteiger partial charge in [0.15, 0.2) is 0 Å². The highest BCUT2D eigenvalue weighted by atomic mass is 35.5. The third-order valence-corrected chi connectivity index (χ3v) is 5.89. The van der Waals surface area contributed by atoms with Gasteiger partial charge in [-0.15, -0.1) is 10.2 Å². The first kappa shape index (κ1) is 19.4. The second kappa shape index (κ2) is 8.26. The van der Waals surface area contributed by atoms with Crippen molar-refractivity contribution in [3.8, 4) is 15.7 Å². The van der Waals surface area contributed by atoms with E-state index in [0.29, 0.717) is 26.9 Å². The third kappa shape index (κ3) is 3.91. The van der Waals surface area contributed by atoms with Crippen LogP contribution in [0.15, 0.2) is 83.7 Å². The Labute approximate surface area is 186 Å². The molecule has 2 aromatic heterocycles. The molecule has 5 nitrogen and oxygen atoms in total. The predicted octanol–water partition coefficient (Wildman–Crippen LogP) is 5.73. The SMILES string of the molecule is O=c1c2ccccc2nc(/C=C/c2cccc(Cl)c2)n1-c1nnc(-c2ccccc2)s1. The molecule has 0 aliphatic rings. The topological polar surface area (TPSA) is 60.7 Å². The number of rotatable bonds is 4. The minimum Gasteiger partial charge on any atom is -0.268 e. The Hall–Kier alpha value is -3.61. The van der Waals surface area contributed by atoms with Crippen LogP contribution in [0.2, 0.25) is 5.02 Å². The van der Waals surface area contributed by atoms with Gasteiger partial charge in [-0.1, -0.05) is 83.6 Å². The van der Waals surface area contributed by atoms with Gasteiger partial charge in [-0.25, -0.2) is 9.55 Å². The molecule has 5 aromatic rings. The summed E-state index contributed by atoms with van der Waals surface area (Å²) in [7, 11) is 0. The zero-order valence-corrected chi connectivity index (χ0v) is 17.7. The maximum Gasteiger partial charge on any atom is 0.268 e. The number of para-hydroxylation sites is 1. The average molecular weight is 443 g/mol. The maximum absolute atomic E-state index is 13.4. The molecule has 0 radical (unpaired) electrons. The summed E-state index contributed by atoms with van der Waals surface area (Å²) in [6.45, 7) is 0. The van der Waals surface area contributed by atoms with Crippen LogP contribution in [0, 0.1) is 0 Å². The van der Waals surface area contributed by atoms with E-state index in [2.05, 4.69) is 10.2 Å². The van der Waals surface area contributed by atoms with Crippen molar-refractivity contribution in [1.82, 2.24) is 19.7 Å². The van der Waals surface area contributed by atoms with Crippen molar-refractivity contribution in [2.45, 2.75) is 0 Å². The molecule has 0 fully saturated rings. The van der Waals surface area contributed by atoms with Gasteiger partial charge in [0, 0.05) is 10.6 Å². The highest BCUT2D eigenvalue weighted by Gasteiger charge is 2.15. The average Bonchev–Trinajstić information content (AvgIpc) is 3.28. The molecule has 150 valence electrons. The number of nitrogens with zero attached hydrogens (tertiary/aromatic N) is 4. The molecule has 0 bridgehead atoms. The van der Waals surface area contributed by atoms with Crippen LogP contribution < -0.4 is 5.56 Å². The van der Waals surface area contributed by atoms with Crippen LogP contribution in [0.25, 0.3) is 38.8 Å². The number of fused-ring (bicyclic) bond motifs is 1. The van der Waals surface area contributed by atoms with Crippen LogP contribution in [0.5, 0.6) is 0 Å². The van der Waals surface area contributed by atoms with E-state index in [1.807, 2.05) is 78.9 Å². The molecule has 5 rings (SSSR count). The molecule has 0 saturated carbocycles. The zero-order valence-electron chi connectivity index (χ0n) is 16.1. The van der Waals surface area contributed by atoms with Crippen molar-refractivity contribution in [2.24, 2.45) is 0 Å². The van der Waals surface area contributed by atoms with Gasteiger partial charge in [-0.05, 0) is 35.9 Å². The molecule has 2 heterocycles. The smallest absolute Gasteiger partial charge is 0.268 e. The number of halogens is 1. The summed E-state index contributed by atoms with van der Waals surface area (Å²) in [6.07, 6.45) is 3.67. The van der Waals surface area contributed by atoms with Gasteiger partial charge in [-0.2, -0.15) is 0 Å². The lowest BCUT2D eigenvalue weighted by atomic mass is 10.2. The fourth-order valence-corrected chi connectivity index (χ4v) is 4.29. The monoisotopic (exact) mass is 442 g/mol. The Morgan fingerprint density at radius 2 is 1.68 bits per heavy atom. The quantitative estimate of drug-likeness (QED) is 0.356. The lowest BCUT2D eigenvalue weighted by molar-refractivity contribution is 0.899. The Morgan fingerprint density at radius 3 is 2.52 bits per heavy atom. The molecule has 0 aliphatic heterocycles. The molecule has 0 saturated heterocycles. The Balaban J connectivity index is 1.68. The minimum absolute atomic E-state index is 0.188. The maximum atomic E-state index is 13.4. The Kier molecular flexibility index (Phi) is 5.16. The highest BCUT2D eigenvalue weighted by molar-refractivity contribution is 7.17. The van der Waals surface area contributed by atoms with Gasteiger partial charge < -0.3 is 0 Å². The van der Waals surface area contributed by atoms with Crippen LogP contribution in [0.4, 0.5) is 0 Å². The van der Waals surface area contributed by atoms with Crippen LogP contribution in [-0.2, 0) is 0 Å². The Morgan fingerprint density at radius 1 is 0.871 bits per heavy atom. The number of hydrogen-bond acceptors (Lipinski definition) is 5.